The second-order valence-electron chi connectivity index (χ2n) is 8.42. The van der Waals surface area contributed by atoms with Crippen LogP contribution in [0.15, 0.2) is 48.5 Å². The van der Waals surface area contributed by atoms with E-state index in [1.165, 1.54) is 24.1 Å². The van der Waals surface area contributed by atoms with E-state index >= 15 is 0 Å². The Kier molecular flexibility index (Phi) is 7.26. The lowest BCUT2D eigenvalue weighted by atomic mass is 10.0. The highest BCUT2D eigenvalue weighted by atomic mass is 16.5. The molecule has 162 valence electrons. The number of aliphatic hydroxyl groups excluding tert-OH is 1. The summed E-state index contributed by atoms with van der Waals surface area (Å²) in [5.74, 6) is 0.802. The molecule has 2 fully saturated rings. The molecule has 30 heavy (non-hydrogen) atoms. The van der Waals surface area contributed by atoms with E-state index in [-0.39, 0.29) is 6.61 Å². The number of hydrogen-bond donors (Lipinski definition) is 1. The molecule has 1 atom stereocenters. The lowest BCUT2D eigenvalue weighted by Gasteiger charge is -2.44. The zero-order valence-corrected chi connectivity index (χ0v) is 18.2. The van der Waals surface area contributed by atoms with Crippen LogP contribution in [0.2, 0.25) is 0 Å². The quantitative estimate of drug-likeness (QED) is 0.759. The molecule has 0 aliphatic carbocycles. The van der Waals surface area contributed by atoms with E-state index < -0.39 is 0 Å². The standard InChI is InChI=1S/C25H35N3O2/c1-2-30-25-11-10-21(17-22(25)20-29)18-26-12-6-9-24(19-26)28-15-13-27(14-16-28)23-7-4-3-5-8-23/h3-5,7-8,10-11,17,24,29H,2,6,9,12-16,18-20H2,1H3/t24-/m1/s1. The van der Waals surface area contributed by atoms with Crippen molar-refractivity contribution in [2.45, 2.75) is 39.0 Å². The van der Waals surface area contributed by atoms with Gasteiger partial charge in [-0.25, -0.2) is 0 Å². The van der Waals surface area contributed by atoms with Gasteiger partial charge in [0.1, 0.15) is 5.75 Å². The van der Waals surface area contributed by atoms with E-state index in [0.717, 1.165) is 57.1 Å². The lowest BCUT2D eigenvalue weighted by molar-refractivity contribution is 0.0887. The number of nitrogens with zero attached hydrogens (tertiary/aromatic N) is 3. The third kappa shape index (κ3) is 5.15. The molecule has 2 saturated heterocycles. The van der Waals surface area contributed by atoms with Crippen molar-refractivity contribution in [3.05, 3.63) is 59.7 Å². The van der Waals surface area contributed by atoms with Gasteiger partial charge in [0.15, 0.2) is 0 Å². The van der Waals surface area contributed by atoms with Gasteiger partial charge in [-0.15, -0.1) is 0 Å². The summed E-state index contributed by atoms with van der Waals surface area (Å²) in [5.41, 5.74) is 3.50. The van der Waals surface area contributed by atoms with Crippen LogP contribution in [-0.2, 0) is 13.2 Å². The molecule has 2 aromatic rings. The van der Waals surface area contributed by atoms with Gasteiger partial charge in [-0.05, 0) is 56.1 Å². The lowest BCUT2D eigenvalue weighted by Crippen LogP contribution is -2.55. The average Bonchev–Trinajstić information content (AvgIpc) is 2.81. The summed E-state index contributed by atoms with van der Waals surface area (Å²) >= 11 is 0. The Balaban J connectivity index is 1.32. The van der Waals surface area contributed by atoms with Gasteiger partial charge in [-0.3, -0.25) is 9.80 Å². The van der Waals surface area contributed by atoms with Gasteiger partial charge in [-0.1, -0.05) is 24.3 Å². The highest BCUT2D eigenvalue weighted by Gasteiger charge is 2.28. The predicted octanol–water partition coefficient (Wildman–Crippen LogP) is 3.36. The van der Waals surface area contributed by atoms with Crippen LogP contribution in [0.3, 0.4) is 0 Å². The molecule has 5 nitrogen and oxygen atoms in total. The number of likely N-dealkylation sites (tertiary alicyclic amines) is 1. The fraction of sp³-hybridized carbons (Fsp3) is 0.520. The second kappa shape index (κ2) is 10.3. The Hall–Kier alpha value is -2.08. The number of aliphatic hydroxyl groups is 1. The minimum Gasteiger partial charge on any atom is -0.494 e. The van der Waals surface area contributed by atoms with E-state index in [4.69, 9.17) is 4.74 Å². The van der Waals surface area contributed by atoms with E-state index in [1.54, 1.807) is 0 Å². The normalized spacial score (nSPS) is 21.0. The molecule has 2 heterocycles. The third-order valence-corrected chi connectivity index (χ3v) is 6.43. The summed E-state index contributed by atoms with van der Waals surface area (Å²) in [5, 5.41) is 9.69. The van der Waals surface area contributed by atoms with Crippen molar-refractivity contribution in [1.82, 2.24) is 9.80 Å². The van der Waals surface area contributed by atoms with Gasteiger partial charge in [-0.2, -0.15) is 0 Å². The molecule has 0 aromatic heterocycles. The predicted molar refractivity (Wildman–Crippen MR) is 122 cm³/mol. The van der Waals surface area contributed by atoms with Gasteiger partial charge in [0.05, 0.1) is 13.2 Å². The summed E-state index contributed by atoms with van der Waals surface area (Å²) in [6.45, 7) is 10.4. The van der Waals surface area contributed by atoms with Crippen LogP contribution in [-0.4, -0.2) is 66.8 Å². The second-order valence-corrected chi connectivity index (χ2v) is 8.42. The van der Waals surface area contributed by atoms with Crippen molar-refractivity contribution in [1.29, 1.82) is 0 Å². The summed E-state index contributed by atoms with van der Waals surface area (Å²) in [6, 6.07) is 17.7. The van der Waals surface area contributed by atoms with Crippen molar-refractivity contribution in [2.75, 3.05) is 50.8 Å². The summed E-state index contributed by atoms with van der Waals surface area (Å²) in [6.07, 6.45) is 2.56. The van der Waals surface area contributed by atoms with Gasteiger partial charge in [0.2, 0.25) is 0 Å². The number of benzene rings is 2. The van der Waals surface area contributed by atoms with Gasteiger partial charge in [0.25, 0.3) is 0 Å². The van der Waals surface area contributed by atoms with Gasteiger partial charge >= 0.3 is 0 Å². The van der Waals surface area contributed by atoms with Crippen LogP contribution >= 0.6 is 0 Å². The minimum absolute atomic E-state index is 0.0253. The van der Waals surface area contributed by atoms with Crippen molar-refractivity contribution in [3.8, 4) is 5.75 Å². The Morgan fingerprint density at radius 1 is 1.00 bits per heavy atom. The SMILES string of the molecule is CCOc1ccc(CN2CCC[C@@H](N3CCN(c4ccccc4)CC3)C2)cc1CO. The molecule has 0 bridgehead atoms. The monoisotopic (exact) mass is 409 g/mol. The molecule has 4 rings (SSSR count). The first-order valence-electron chi connectivity index (χ1n) is 11.4. The van der Waals surface area contributed by atoms with E-state index in [0.29, 0.717) is 12.6 Å². The van der Waals surface area contributed by atoms with Gasteiger partial charge in [0, 0.05) is 56.6 Å². The maximum atomic E-state index is 9.69. The smallest absolute Gasteiger partial charge is 0.124 e. The van der Waals surface area contributed by atoms with Crippen LogP contribution in [0, 0.1) is 0 Å². The molecular weight excluding hydrogens is 374 g/mol. The molecule has 5 heteroatoms. The average molecular weight is 410 g/mol. The zero-order valence-electron chi connectivity index (χ0n) is 18.2. The molecule has 0 spiro atoms. The number of hydrogen-bond acceptors (Lipinski definition) is 5. The Morgan fingerprint density at radius 3 is 2.53 bits per heavy atom. The highest BCUT2D eigenvalue weighted by Crippen LogP contribution is 2.24. The van der Waals surface area contributed by atoms with E-state index in [2.05, 4.69) is 57.2 Å². The molecule has 2 aliphatic rings. The Morgan fingerprint density at radius 2 is 1.80 bits per heavy atom. The third-order valence-electron chi connectivity index (χ3n) is 6.43. The maximum Gasteiger partial charge on any atom is 0.124 e. The van der Waals surface area contributed by atoms with Crippen LogP contribution < -0.4 is 9.64 Å². The molecule has 2 aromatic carbocycles. The molecule has 1 N–H and O–H groups in total. The molecule has 0 unspecified atom stereocenters. The Labute approximate surface area is 180 Å². The van der Waals surface area contributed by atoms with E-state index in [1.807, 2.05) is 13.0 Å². The summed E-state index contributed by atoms with van der Waals surface area (Å²) in [7, 11) is 0. The first kappa shape index (κ1) is 21.2. The summed E-state index contributed by atoms with van der Waals surface area (Å²) < 4.78 is 5.63. The number of ether oxygens (including phenoxy) is 1. The van der Waals surface area contributed by atoms with Crippen molar-refractivity contribution < 1.29 is 9.84 Å². The first-order chi connectivity index (χ1) is 14.8. The fourth-order valence-corrected chi connectivity index (χ4v) is 4.87. The van der Waals surface area contributed by atoms with Crippen molar-refractivity contribution in [2.24, 2.45) is 0 Å². The largest absolute Gasteiger partial charge is 0.494 e. The maximum absolute atomic E-state index is 9.69. The molecular formula is C25H35N3O2. The fourth-order valence-electron chi connectivity index (χ4n) is 4.87. The number of para-hydroxylation sites is 1. The minimum atomic E-state index is 0.0253. The molecule has 0 saturated carbocycles. The molecule has 0 radical (unpaired) electrons. The van der Waals surface area contributed by atoms with Crippen LogP contribution in [0.5, 0.6) is 5.75 Å². The zero-order chi connectivity index (χ0) is 20.8. The van der Waals surface area contributed by atoms with Crippen LogP contribution in [0.25, 0.3) is 0 Å². The number of piperidine rings is 1. The molecule has 2 aliphatic heterocycles. The summed E-state index contributed by atoms with van der Waals surface area (Å²) in [4.78, 5) is 7.78. The molecule has 0 amide bonds. The van der Waals surface area contributed by atoms with Crippen molar-refractivity contribution in [3.63, 3.8) is 0 Å². The topological polar surface area (TPSA) is 39.2 Å². The van der Waals surface area contributed by atoms with Crippen molar-refractivity contribution >= 4 is 5.69 Å². The highest BCUT2D eigenvalue weighted by molar-refractivity contribution is 5.46. The first-order valence-corrected chi connectivity index (χ1v) is 11.4. The number of rotatable bonds is 7. The number of anilines is 1. The van der Waals surface area contributed by atoms with Crippen LogP contribution in [0.4, 0.5) is 5.69 Å². The number of piperazine rings is 1. The Bertz CT molecular complexity index is 790. The van der Waals surface area contributed by atoms with E-state index in [9.17, 15) is 5.11 Å². The van der Waals surface area contributed by atoms with Gasteiger partial charge < -0.3 is 14.7 Å². The van der Waals surface area contributed by atoms with Crippen LogP contribution in [0.1, 0.15) is 30.9 Å².